The summed E-state index contributed by atoms with van der Waals surface area (Å²) in [6.45, 7) is -3.37. The largest absolute Gasteiger partial charge is 0.573 e. The van der Waals surface area contributed by atoms with Crippen LogP contribution in [0.5, 0.6) is 11.5 Å². The predicted molar refractivity (Wildman–Crippen MR) is 55.5 cm³/mol. The molecular weight excluding hydrogens is 291 g/mol. The van der Waals surface area contributed by atoms with Crippen LogP contribution >= 0.6 is 0 Å². The number of halogens is 5. The normalized spacial score (nSPS) is 11.3. The second kappa shape index (κ2) is 6.40. The average molecular weight is 300 g/mol. The number of benzene rings is 1. The predicted octanol–water partition coefficient (Wildman–Crippen LogP) is 2.90. The Kier molecular flexibility index (Phi) is 5.12. The highest BCUT2D eigenvalue weighted by Crippen LogP contribution is 2.36. The smallest absolute Gasteiger partial charge is 0.469 e. The Labute approximate surface area is 110 Å². The van der Waals surface area contributed by atoms with Gasteiger partial charge in [-0.3, -0.25) is 4.79 Å². The molecule has 0 saturated carbocycles. The fourth-order valence-corrected chi connectivity index (χ4v) is 1.36. The SMILES string of the molecule is COC(=O)Cc1cccc(OC(F)(F)F)c1OC(F)F. The van der Waals surface area contributed by atoms with Crippen LogP contribution < -0.4 is 9.47 Å². The Balaban J connectivity index is 3.15. The molecule has 1 aromatic carbocycles. The molecule has 0 bridgehead atoms. The van der Waals surface area contributed by atoms with E-state index in [0.29, 0.717) is 0 Å². The van der Waals surface area contributed by atoms with E-state index in [1.165, 1.54) is 0 Å². The fraction of sp³-hybridized carbons (Fsp3) is 0.364. The number of methoxy groups -OCH3 is 1. The molecule has 0 aliphatic heterocycles. The third-order valence-corrected chi connectivity index (χ3v) is 2.06. The van der Waals surface area contributed by atoms with Gasteiger partial charge < -0.3 is 14.2 Å². The highest BCUT2D eigenvalue weighted by atomic mass is 19.4. The van der Waals surface area contributed by atoms with Gasteiger partial charge in [0.25, 0.3) is 0 Å². The van der Waals surface area contributed by atoms with Crippen LogP contribution in [0, 0.1) is 0 Å². The molecule has 4 nitrogen and oxygen atoms in total. The van der Waals surface area contributed by atoms with Gasteiger partial charge in [-0.1, -0.05) is 12.1 Å². The molecule has 112 valence electrons. The van der Waals surface area contributed by atoms with E-state index in [1.807, 2.05) is 0 Å². The number of rotatable bonds is 5. The van der Waals surface area contributed by atoms with E-state index >= 15 is 0 Å². The van der Waals surface area contributed by atoms with E-state index < -0.39 is 36.9 Å². The number of hydrogen-bond donors (Lipinski definition) is 0. The first-order chi connectivity index (χ1) is 9.23. The van der Waals surface area contributed by atoms with Crippen LogP contribution in [0.2, 0.25) is 0 Å². The van der Waals surface area contributed by atoms with Gasteiger partial charge in [-0.15, -0.1) is 13.2 Å². The van der Waals surface area contributed by atoms with E-state index in [1.54, 1.807) is 0 Å². The van der Waals surface area contributed by atoms with Crippen LogP contribution in [0.15, 0.2) is 18.2 Å². The van der Waals surface area contributed by atoms with Crippen molar-refractivity contribution < 1.29 is 41.0 Å². The standard InChI is InChI=1S/C11H9F5O4/c1-18-8(17)5-6-3-2-4-7(20-11(14,15)16)9(6)19-10(12)13/h2-4,10H,5H2,1H3. The number of hydrogen-bond acceptors (Lipinski definition) is 4. The number of ether oxygens (including phenoxy) is 3. The van der Waals surface area contributed by atoms with Crippen molar-refractivity contribution in [1.82, 2.24) is 0 Å². The molecule has 0 saturated heterocycles. The van der Waals surface area contributed by atoms with Gasteiger partial charge in [0.2, 0.25) is 0 Å². The zero-order valence-corrected chi connectivity index (χ0v) is 10.0. The third kappa shape index (κ3) is 4.90. The Morgan fingerprint density at radius 1 is 1.30 bits per heavy atom. The first-order valence-corrected chi connectivity index (χ1v) is 5.12. The van der Waals surface area contributed by atoms with Crippen LogP contribution in [0.3, 0.4) is 0 Å². The Bertz CT molecular complexity index is 472. The van der Waals surface area contributed by atoms with Gasteiger partial charge >= 0.3 is 18.9 Å². The van der Waals surface area contributed by atoms with Crippen LogP contribution in [0.1, 0.15) is 5.56 Å². The lowest BCUT2D eigenvalue weighted by Crippen LogP contribution is -2.19. The summed E-state index contributed by atoms with van der Waals surface area (Å²) in [6.07, 6.45) is -5.61. The number of esters is 1. The molecule has 0 unspecified atom stereocenters. The van der Waals surface area contributed by atoms with Crippen molar-refractivity contribution in [3.8, 4) is 11.5 Å². The third-order valence-electron chi connectivity index (χ3n) is 2.06. The molecule has 0 aliphatic carbocycles. The summed E-state index contributed by atoms with van der Waals surface area (Å²) in [5.41, 5.74) is -0.209. The molecule has 9 heteroatoms. The van der Waals surface area contributed by atoms with Crippen molar-refractivity contribution >= 4 is 5.97 Å². The van der Waals surface area contributed by atoms with Crippen molar-refractivity contribution in [2.24, 2.45) is 0 Å². The first kappa shape index (κ1) is 16.0. The lowest BCUT2D eigenvalue weighted by Gasteiger charge is -2.16. The molecule has 0 heterocycles. The van der Waals surface area contributed by atoms with Gasteiger partial charge in [0.05, 0.1) is 13.5 Å². The summed E-state index contributed by atoms with van der Waals surface area (Å²) >= 11 is 0. The lowest BCUT2D eigenvalue weighted by atomic mass is 10.1. The van der Waals surface area contributed by atoms with Gasteiger partial charge in [-0.05, 0) is 6.07 Å². The van der Waals surface area contributed by atoms with Crippen LogP contribution in [0.25, 0.3) is 0 Å². The molecule has 20 heavy (non-hydrogen) atoms. The second-order valence-corrected chi connectivity index (χ2v) is 3.42. The maximum absolute atomic E-state index is 12.3. The monoisotopic (exact) mass is 300 g/mol. The zero-order valence-electron chi connectivity index (χ0n) is 10.0. The van der Waals surface area contributed by atoms with E-state index in [0.717, 1.165) is 25.3 Å². The summed E-state index contributed by atoms with van der Waals surface area (Å²) in [5.74, 6) is -2.64. The van der Waals surface area contributed by atoms with Crippen molar-refractivity contribution in [1.29, 1.82) is 0 Å². The molecule has 0 N–H and O–H groups in total. The van der Waals surface area contributed by atoms with Gasteiger partial charge in [-0.2, -0.15) is 8.78 Å². The molecule has 0 fully saturated rings. The Morgan fingerprint density at radius 2 is 1.95 bits per heavy atom. The van der Waals surface area contributed by atoms with Crippen LogP contribution in [0.4, 0.5) is 22.0 Å². The number of carbonyl (C=O) groups excluding carboxylic acids is 1. The zero-order chi connectivity index (χ0) is 15.3. The molecule has 0 amide bonds. The van der Waals surface area contributed by atoms with Crippen LogP contribution in [-0.2, 0) is 16.0 Å². The quantitative estimate of drug-likeness (QED) is 0.619. The number of carbonyl (C=O) groups is 1. The van der Waals surface area contributed by atoms with E-state index in [2.05, 4.69) is 14.2 Å². The summed E-state index contributed by atoms with van der Waals surface area (Å²) in [6, 6.07) is 3.06. The summed E-state index contributed by atoms with van der Waals surface area (Å²) in [4.78, 5) is 11.1. The summed E-state index contributed by atoms with van der Waals surface area (Å²) < 4.78 is 72.9. The summed E-state index contributed by atoms with van der Waals surface area (Å²) in [7, 11) is 1.05. The molecule has 0 aliphatic rings. The van der Waals surface area contributed by atoms with Gasteiger partial charge in [0.1, 0.15) is 0 Å². The minimum Gasteiger partial charge on any atom is -0.469 e. The highest BCUT2D eigenvalue weighted by Gasteiger charge is 2.33. The number of para-hydroxylation sites is 1. The molecule has 0 radical (unpaired) electrons. The van der Waals surface area contributed by atoms with E-state index in [4.69, 9.17) is 0 Å². The minimum atomic E-state index is -5.08. The summed E-state index contributed by atoms with van der Waals surface area (Å²) in [5, 5.41) is 0. The molecule has 0 aromatic heterocycles. The Morgan fingerprint density at radius 3 is 2.45 bits per heavy atom. The van der Waals surface area contributed by atoms with Crippen molar-refractivity contribution in [3.05, 3.63) is 23.8 Å². The van der Waals surface area contributed by atoms with Gasteiger partial charge in [0, 0.05) is 5.56 Å². The maximum Gasteiger partial charge on any atom is 0.573 e. The molecule has 0 spiro atoms. The minimum absolute atomic E-state index is 0.209. The van der Waals surface area contributed by atoms with Crippen molar-refractivity contribution in [3.63, 3.8) is 0 Å². The molecule has 1 rings (SSSR count). The average Bonchev–Trinajstić information content (AvgIpc) is 2.30. The van der Waals surface area contributed by atoms with Gasteiger partial charge in [0.15, 0.2) is 11.5 Å². The van der Waals surface area contributed by atoms with Gasteiger partial charge in [-0.25, -0.2) is 0 Å². The first-order valence-electron chi connectivity index (χ1n) is 5.12. The van der Waals surface area contributed by atoms with E-state index in [9.17, 15) is 26.7 Å². The fourth-order valence-electron chi connectivity index (χ4n) is 1.36. The van der Waals surface area contributed by atoms with Crippen molar-refractivity contribution in [2.45, 2.75) is 19.4 Å². The lowest BCUT2D eigenvalue weighted by molar-refractivity contribution is -0.275. The molecular formula is C11H9F5O4. The topological polar surface area (TPSA) is 44.8 Å². The highest BCUT2D eigenvalue weighted by molar-refractivity contribution is 5.74. The number of alkyl halides is 5. The molecule has 0 atom stereocenters. The van der Waals surface area contributed by atoms with Crippen LogP contribution in [-0.4, -0.2) is 26.1 Å². The van der Waals surface area contributed by atoms with Crippen molar-refractivity contribution in [2.75, 3.05) is 7.11 Å². The second-order valence-electron chi connectivity index (χ2n) is 3.42. The van der Waals surface area contributed by atoms with E-state index in [-0.39, 0.29) is 5.56 Å². The Hall–Kier alpha value is -2.06. The molecule has 1 aromatic rings. The maximum atomic E-state index is 12.3.